The van der Waals surface area contributed by atoms with Crippen LogP contribution in [0.4, 0.5) is 5.69 Å². The molecule has 0 aliphatic carbocycles. The lowest BCUT2D eigenvalue weighted by molar-refractivity contribution is 0.898. The number of hydrogen-bond donors (Lipinski definition) is 1. The molecule has 0 fully saturated rings. The van der Waals surface area contributed by atoms with E-state index in [2.05, 4.69) is 36.4 Å². The fourth-order valence-electron chi connectivity index (χ4n) is 1.34. The summed E-state index contributed by atoms with van der Waals surface area (Å²) < 4.78 is 0. The molecule has 0 amide bonds. The summed E-state index contributed by atoms with van der Waals surface area (Å²) in [7, 11) is -1.37. The van der Waals surface area contributed by atoms with Crippen LogP contribution < -0.4 is 10.7 Å². The van der Waals surface area contributed by atoms with Gasteiger partial charge in [-0.15, -0.1) is 5.54 Å². The highest BCUT2D eigenvalue weighted by Crippen LogP contribution is 2.04. The van der Waals surface area contributed by atoms with Gasteiger partial charge in [-0.3, -0.25) is 4.79 Å². The third-order valence-electron chi connectivity index (χ3n) is 2.14. The lowest BCUT2D eigenvalue weighted by Crippen LogP contribution is -2.16. The Balaban J connectivity index is 3.10. The van der Waals surface area contributed by atoms with E-state index in [-0.39, 0.29) is 11.5 Å². The molecular formula is C15H21NOSi. The van der Waals surface area contributed by atoms with Crippen molar-refractivity contribution in [1.82, 2.24) is 0 Å². The van der Waals surface area contributed by atoms with Crippen molar-refractivity contribution >= 4 is 13.8 Å². The molecule has 1 N–H and O–H groups in total. The van der Waals surface area contributed by atoms with Gasteiger partial charge >= 0.3 is 0 Å². The molecule has 2 nitrogen and oxygen atoms in total. The monoisotopic (exact) mass is 259 g/mol. The molecule has 0 bridgehead atoms. The Kier molecular flexibility index (Phi) is 4.74. The molecule has 0 heterocycles. The average Bonchev–Trinajstić information content (AvgIpc) is 2.38. The van der Waals surface area contributed by atoms with Crippen LogP contribution in [-0.4, -0.2) is 14.1 Å². The van der Waals surface area contributed by atoms with E-state index in [4.69, 9.17) is 0 Å². The van der Waals surface area contributed by atoms with Crippen LogP contribution in [0.3, 0.4) is 0 Å². The summed E-state index contributed by atoms with van der Waals surface area (Å²) >= 11 is 0. The highest BCUT2D eigenvalue weighted by Gasteiger charge is 2.07. The maximum atomic E-state index is 11.8. The largest absolute Gasteiger partial charge is 0.380 e. The summed E-state index contributed by atoms with van der Waals surface area (Å²) in [5.41, 5.74) is 4.83. The Hall–Kier alpha value is -1.53. The molecule has 1 aromatic rings. The van der Waals surface area contributed by atoms with Crippen molar-refractivity contribution in [2.75, 3.05) is 5.32 Å². The standard InChI is InChI=1S/C15H21NOSi/c1-12(2)16-14-8-6-13(7-9-15(14)17)10-11-18(3,4)5/h6-9,12H,1-5H3,(H,16,17). The molecule has 0 saturated heterocycles. The molecule has 0 aliphatic heterocycles. The van der Waals surface area contributed by atoms with Crippen molar-refractivity contribution in [1.29, 1.82) is 0 Å². The molecule has 0 saturated carbocycles. The fraction of sp³-hybridized carbons (Fsp3) is 0.400. The predicted molar refractivity (Wildman–Crippen MR) is 81.7 cm³/mol. The lowest BCUT2D eigenvalue weighted by atomic mass is 10.3. The molecular weight excluding hydrogens is 238 g/mol. The van der Waals surface area contributed by atoms with Crippen molar-refractivity contribution in [3.8, 4) is 11.5 Å². The van der Waals surface area contributed by atoms with Gasteiger partial charge in [-0.05, 0) is 38.1 Å². The van der Waals surface area contributed by atoms with Crippen LogP contribution in [-0.2, 0) is 0 Å². The molecule has 3 heteroatoms. The Labute approximate surface area is 110 Å². The van der Waals surface area contributed by atoms with Gasteiger partial charge in [0.05, 0.1) is 5.69 Å². The van der Waals surface area contributed by atoms with Gasteiger partial charge < -0.3 is 5.32 Å². The van der Waals surface area contributed by atoms with Gasteiger partial charge in [0.2, 0.25) is 5.43 Å². The minimum atomic E-state index is -1.37. The summed E-state index contributed by atoms with van der Waals surface area (Å²) in [6.45, 7) is 10.6. The molecule has 1 aromatic carbocycles. The Morgan fingerprint density at radius 1 is 1.11 bits per heavy atom. The van der Waals surface area contributed by atoms with Crippen LogP contribution in [0.1, 0.15) is 19.4 Å². The van der Waals surface area contributed by atoms with Gasteiger partial charge in [0.1, 0.15) is 8.07 Å². The van der Waals surface area contributed by atoms with Crippen molar-refractivity contribution < 1.29 is 0 Å². The molecule has 0 atom stereocenters. The van der Waals surface area contributed by atoms with Crippen molar-refractivity contribution in [3.63, 3.8) is 0 Å². The van der Waals surface area contributed by atoms with Crippen LogP contribution in [0.25, 0.3) is 0 Å². The maximum Gasteiger partial charge on any atom is 0.201 e. The van der Waals surface area contributed by atoms with Crippen LogP contribution in [0, 0.1) is 11.5 Å². The van der Waals surface area contributed by atoms with E-state index in [1.807, 2.05) is 26.0 Å². The first-order valence-electron chi connectivity index (χ1n) is 6.22. The molecule has 1 rings (SSSR count). The highest BCUT2D eigenvalue weighted by atomic mass is 28.3. The van der Waals surface area contributed by atoms with E-state index in [9.17, 15) is 4.79 Å². The number of anilines is 1. The van der Waals surface area contributed by atoms with Crippen LogP contribution >= 0.6 is 0 Å². The number of nitrogens with one attached hydrogen (secondary N) is 1. The zero-order chi connectivity index (χ0) is 13.8. The highest BCUT2D eigenvalue weighted by molar-refractivity contribution is 6.83. The fourth-order valence-corrected chi connectivity index (χ4v) is 1.86. The second kappa shape index (κ2) is 5.88. The summed E-state index contributed by atoms with van der Waals surface area (Å²) in [5.74, 6) is 3.16. The summed E-state index contributed by atoms with van der Waals surface area (Å²) in [5, 5.41) is 3.14. The third-order valence-corrected chi connectivity index (χ3v) is 3.01. The van der Waals surface area contributed by atoms with E-state index in [1.54, 1.807) is 12.1 Å². The van der Waals surface area contributed by atoms with Crippen molar-refractivity contribution in [2.45, 2.75) is 39.5 Å². The Bertz CT molecular complexity index is 533. The zero-order valence-electron chi connectivity index (χ0n) is 11.8. The molecule has 0 unspecified atom stereocenters. The summed E-state index contributed by atoms with van der Waals surface area (Å²) in [4.78, 5) is 11.8. The molecule has 0 aromatic heterocycles. The van der Waals surface area contributed by atoms with E-state index < -0.39 is 8.07 Å². The van der Waals surface area contributed by atoms with Gasteiger partial charge in [-0.25, -0.2) is 0 Å². The summed E-state index contributed by atoms with van der Waals surface area (Å²) in [6, 6.07) is 7.34. The van der Waals surface area contributed by atoms with Crippen molar-refractivity contribution in [2.24, 2.45) is 0 Å². The maximum absolute atomic E-state index is 11.8. The normalized spacial score (nSPS) is 10.8. The van der Waals surface area contributed by atoms with Gasteiger partial charge in [-0.2, -0.15) is 0 Å². The van der Waals surface area contributed by atoms with Crippen LogP contribution in [0.5, 0.6) is 0 Å². The molecule has 0 aliphatic rings. The number of hydrogen-bond acceptors (Lipinski definition) is 2. The quantitative estimate of drug-likeness (QED) is 0.653. The molecule has 0 spiro atoms. The topological polar surface area (TPSA) is 29.1 Å². The first-order chi connectivity index (χ1) is 8.28. The van der Waals surface area contributed by atoms with E-state index >= 15 is 0 Å². The van der Waals surface area contributed by atoms with Crippen LogP contribution in [0.2, 0.25) is 19.6 Å². The number of rotatable bonds is 2. The zero-order valence-corrected chi connectivity index (χ0v) is 12.8. The van der Waals surface area contributed by atoms with E-state index in [0.717, 1.165) is 5.56 Å². The first kappa shape index (κ1) is 14.5. The first-order valence-corrected chi connectivity index (χ1v) is 9.72. The minimum absolute atomic E-state index is 0.00440. The minimum Gasteiger partial charge on any atom is -0.380 e. The van der Waals surface area contributed by atoms with Crippen molar-refractivity contribution in [3.05, 3.63) is 40.1 Å². The van der Waals surface area contributed by atoms with Crippen LogP contribution in [0.15, 0.2) is 29.1 Å². The Morgan fingerprint density at radius 3 is 2.28 bits per heavy atom. The predicted octanol–water partition coefficient (Wildman–Crippen LogP) is 3.10. The smallest absolute Gasteiger partial charge is 0.201 e. The van der Waals surface area contributed by atoms with E-state index in [0.29, 0.717) is 5.69 Å². The van der Waals surface area contributed by atoms with Gasteiger partial charge in [-0.1, -0.05) is 25.6 Å². The van der Waals surface area contributed by atoms with E-state index in [1.165, 1.54) is 0 Å². The van der Waals surface area contributed by atoms with Gasteiger partial charge in [0.15, 0.2) is 0 Å². The molecule has 0 radical (unpaired) electrons. The second-order valence-electron chi connectivity index (χ2n) is 5.70. The van der Waals surface area contributed by atoms with Gasteiger partial charge in [0.25, 0.3) is 0 Å². The second-order valence-corrected chi connectivity index (χ2v) is 10.4. The Morgan fingerprint density at radius 2 is 1.72 bits per heavy atom. The molecule has 18 heavy (non-hydrogen) atoms. The van der Waals surface area contributed by atoms with Gasteiger partial charge in [0, 0.05) is 11.6 Å². The lowest BCUT2D eigenvalue weighted by Gasteiger charge is -2.06. The SMILES string of the molecule is CC(C)Nc1ccc(C#C[Si](C)(C)C)ccc1=O. The summed E-state index contributed by atoms with van der Waals surface area (Å²) in [6.07, 6.45) is 0. The third kappa shape index (κ3) is 5.20. The molecule has 96 valence electrons. The average molecular weight is 259 g/mol.